The van der Waals surface area contributed by atoms with Crippen LogP contribution in [0.15, 0.2) is 0 Å². The summed E-state index contributed by atoms with van der Waals surface area (Å²) in [4.78, 5) is 2.66. The average Bonchev–Trinajstić information content (AvgIpc) is 2.36. The van der Waals surface area contributed by atoms with Crippen LogP contribution in [0.3, 0.4) is 0 Å². The molecule has 0 aliphatic carbocycles. The molecular weight excluding hydrogens is 208 g/mol. The Morgan fingerprint density at radius 2 is 1.65 bits per heavy atom. The van der Waals surface area contributed by atoms with Crippen molar-refractivity contribution in [1.29, 1.82) is 0 Å². The van der Waals surface area contributed by atoms with E-state index in [4.69, 9.17) is 5.73 Å². The van der Waals surface area contributed by atoms with Gasteiger partial charge in [0.25, 0.3) is 0 Å². The quantitative estimate of drug-likeness (QED) is 0.626. The van der Waals surface area contributed by atoms with Crippen molar-refractivity contribution >= 4 is 0 Å². The van der Waals surface area contributed by atoms with E-state index in [1.165, 1.54) is 77.4 Å². The molecule has 0 amide bonds. The van der Waals surface area contributed by atoms with Crippen LogP contribution in [0.25, 0.3) is 0 Å². The second-order valence-electron chi connectivity index (χ2n) is 5.63. The first-order valence-electron chi connectivity index (χ1n) is 7.79. The fourth-order valence-corrected chi connectivity index (χ4v) is 2.85. The molecule has 0 aromatic carbocycles. The highest BCUT2D eigenvalue weighted by Gasteiger charge is 2.17. The first-order valence-corrected chi connectivity index (χ1v) is 7.79. The van der Waals surface area contributed by atoms with Crippen LogP contribution < -0.4 is 5.73 Å². The van der Waals surface area contributed by atoms with Crippen LogP contribution in [0.4, 0.5) is 0 Å². The van der Waals surface area contributed by atoms with Crippen molar-refractivity contribution in [2.45, 2.75) is 64.7 Å². The van der Waals surface area contributed by atoms with Gasteiger partial charge in [-0.1, -0.05) is 39.0 Å². The summed E-state index contributed by atoms with van der Waals surface area (Å²) in [5.74, 6) is 0.917. The van der Waals surface area contributed by atoms with Gasteiger partial charge in [-0.15, -0.1) is 0 Å². The molecule has 1 aliphatic rings. The minimum Gasteiger partial charge on any atom is -0.330 e. The third kappa shape index (κ3) is 7.05. The zero-order valence-corrected chi connectivity index (χ0v) is 11.8. The summed E-state index contributed by atoms with van der Waals surface area (Å²) in [5, 5.41) is 0. The molecule has 0 atom stereocenters. The number of hydrogen-bond donors (Lipinski definition) is 1. The average molecular weight is 240 g/mol. The largest absolute Gasteiger partial charge is 0.330 e. The minimum atomic E-state index is 0.877. The van der Waals surface area contributed by atoms with Gasteiger partial charge in [0.2, 0.25) is 0 Å². The Balaban J connectivity index is 1.91. The Morgan fingerprint density at radius 1 is 1.00 bits per heavy atom. The smallest absolute Gasteiger partial charge is 0.00161 e. The van der Waals surface area contributed by atoms with Crippen molar-refractivity contribution < 1.29 is 0 Å². The molecule has 1 aliphatic heterocycles. The minimum absolute atomic E-state index is 0.877. The maximum absolute atomic E-state index is 5.62. The van der Waals surface area contributed by atoms with Gasteiger partial charge in [-0.05, 0) is 57.8 Å². The van der Waals surface area contributed by atoms with Crippen LogP contribution >= 0.6 is 0 Å². The van der Waals surface area contributed by atoms with Gasteiger partial charge in [0, 0.05) is 0 Å². The van der Waals surface area contributed by atoms with Crippen LogP contribution in [0, 0.1) is 5.92 Å². The fourth-order valence-electron chi connectivity index (χ4n) is 2.85. The van der Waals surface area contributed by atoms with Gasteiger partial charge in [0.1, 0.15) is 0 Å². The molecule has 1 saturated heterocycles. The zero-order valence-electron chi connectivity index (χ0n) is 11.8. The maximum atomic E-state index is 5.62. The van der Waals surface area contributed by atoms with E-state index < -0.39 is 0 Å². The van der Waals surface area contributed by atoms with Crippen molar-refractivity contribution in [3.8, 4) is 0 Å². The number of piperidine rings is 1. The SMILES string of the molecule is CCCCCCCCN1CCC(CCN)CC1. The number of nitrogens with two attached hydrogens (primary N) is 1. The second kappa shape index (κ2) is 9.90. The highest BCUT2D eigenvalue weighted by molar-refractivity contribution is 4.72. The summed E-state index contributed by atoms with van der Waals surface area (Å²) in [7, 11) is 0. The fraction of sp³-hybridized carbons (Fsp3) is 1.00. The lowest BCUT2D eigenvalue weighted by Crippen LogP contribution is -2.34. The van der Waals surface area contributed by atoms with Crippen molar-refractivity contribution in [3.05, 3.63) is 0 Å². The molecule has 2 N–H and O–H groups in total. The highest BCUT2D eigenvalue weighted by atomic mass is 15.1. The van der Waals surface area contributed by atoms with Crippen LogP contribution in [-0.4, -0.2) is 31.1 Å². The van der Waals surface area contributed by atoms with Gasteiger partial charge >= 0.3 is 0 Å². The van der Waals surface area contributed by atoms with Crippen LogP contribution in [0.5, 0.6) is 0 Å². The van der Waals surface area contributed by atoms with E-state index in [1.807, 2.05) is 0 Å². The van der Waals surface area contributed by atoms with Gasteiger partial charge in [-0.2, -0.15) is 0 Å². The molecule has 1 fully saturated rings. The first-order chi connectivity index (χ1) is 8.36. The molecule has 0 saturated carbocycles. The zero-order chi connectivity index (χ0) is 12.3. The Morgan fingerprint density at radius 3 is 2.29 bits per heavy atom. The molecule has 0 spiro atoms. The van der Waals surface area contributed by atoms with Gasteiger partial charge in [-0.25, -0.2) is 0 Å². The number of nitrogens with zero attached hydrogens (tertiary/aromatic N) is 1. The molecule has 0 radical (unpaired) electrons. The van der Waals surface area contributed by atoms with E-state index in [0.717, 1.165) is 12.5 Å². The van der Waals surface area contributed by atoms with Crippen LogP contribution in [0.2, 0.25) is 0 Å². The van der Waals surface area contributed by atoms with E-state index in [9.17, 15) is 0 Å². The number of unbranched alkanes of at least 4 members (excludes halogenated alkanes) is 5. The predicted molar refractivity (Wildman–Crippen MR) is 76.2 cm³/mol. The van der Waals surface area contributed by atoms with E-state index in [-0.39, 0.29) is 0 Å². The summed E-state index contributed by atoms with van der Waals surface area (Å²) in [6.07, 6.45) is 12.5. The van der Waals surface area contributed by atoms with Crippen LogP contribution in [-0.2, 0) is 0 Å². The molecule has 2 nitrogen and oxygen atoms in total. The molecule has 102 valence electrons. The van der Waals surface area contributed by atoms with Crippen molar-refractivity contribution in [3.63, 3.8) is 0 Å². The predicted octanol–water partition coefficient (Wildman–Crippen LogP) is 3.41. The number of rotatable bonds is 9. The standard InChI is InChI=1S/C15H32N2/c1-2-3-4-5-6-7-12-17-13-9-15(8-11-16)10-14-17/h15H,2-14,16H2,1H3. The molecule has 0 bridgehead atoms. The summed E-state index contributed by atoms with van der Waals surface area (Å²) >= 11 is 0. The first kappa shape index (κ1) is 15.0. The van der Waals surface area contributed by atoms with Crippen molar-refractivity contribution in [2.75, 3.05) is 26.2 Å². The molecule has 2 heteroatoms. The second-order valence-corrected chi connectivity index (χ2v) is 5.63. The molecule has 0 unspecified atom stereocenters. The van der Waals surface area contributed by atoms with Gasteiger partial charge in [0.15, 0.2) is 0 Å². The maximum Gasteiger partial charge on any atom is -0.00161 e. The van der Waals surface area contributed by atoms with Gasteiger partial charge in [0.05, 0.1) is 0 Å². The lowest BCUT2D eigenvalue weighted by molar-refractivity contribution is 0.177. The number of likely N-dealkylation sites (tertiary alicyclic amines) is 1. The molecule has 0 aromatic rings. The molecule has 0 aromatic heterocycles. The van der Waals surface area contributed by atoms with E-state index >= 15 is 0 Å². The summed E-state index contributed by atoms with van der Waals surface area (Å²) < 4.78 is 0. The van der Waals surface area contributed by atoms with Gasteiger partial charge in [-0.3, -0.25) is 0 Å². The van der Waals surface area contributed by atoms with E-state index in [2.05, 4.69) is 11.8 Å². The summed E-state index contributed by atoms with van der Waals surface area (Å²) in [5.41, 5.74) is 5.62. The Hall–Kier alpha value is -0.0800. The van der Waals surface area contributed by atoms with Gasteiger partial charge < -0.3 is 10.6 Å². The lowest BCUT2D eigenvalue weighted by atomic mass is 9.93. The van der Waals surface area contributed by atoms with Crippen LogP contribution in [0.1, 0.15) is 64.7 Å². The number of hydrogen-bond acceptors (Lipinski definition) is 2. The monoisotopic (exact) mass is 240 g/mol. The molecule has 1 heterocycles. The van der Waals surface area contributed by atoms with E-state index in [0.29, 0.717) is 0 Å². The summed E-state index contributed by atoms with van der Waals surface area (Å²) in [6.45, 7) is 7.13. The normalized spacial score (nSPS) is 18.7. The highest BCUT2D eigenvalue weighted by Crippen LogP contribution is 2.20. The Kier molecular flexibility index (Phi) is 8.72. The molecule has 17 heavy (non-hydrogen) atoms. The van der Waals surface area contributed by atoms with Crippen molar-refractivity contribution in [2.24, 2.45) is 11.7 Å². The molecule has 1 rings (SSSR count). The molecular formula is C15H32N2. The van der Waals surface area contributed by atoms with E-state index in [1.54, 1.807) is 0 Å². The van der Waals surface area contributed by atoms with Crippen molar-refractivity contribution in [1.82, 2.24) is 4.90 Å². The Bertz CT molecular complexity index is 162. The topological polar surface area (TPSA) is 29.3 Å². The Labute approximate surface area is 108 Å². The lowest BCUT2D eigenvalue weighted by Gasteiger charge is -2.31. The summed E-state index contributed by atoms with van der Waals surface area (Å²) in [6, 6.07) is 0. The third-order valence-corrected chi connectivity index (χ3v) is 4.11. The third-order valence-electron chi connectivity index (χ3n) is 4.11.